The Morgan fingerprint density at radius 1 is 1.28 bits per heavy atom. The molecule has 0 aliphatic rings. The molecule has 106 valence electrons. The lowest BCUT2D eigenvalue weighted by Gasteiger charge is -2.21. The Hall–Kier alpha value is -1.14. The summed E-state index contributed by atoms with van der Waals surface area (Å²) in [4.78, 5) is 23.1. The van der Waals surface area contributed by atoms with Crippen molar-refractivity contribution < 1.29 is 14.3 Å². The number of amides is 2. The predicted molar refractivity (Wildman–Crippen MR) is 70.2 cm³/mol. The van der Waals surface area contributed by atoms with Crippen molar-refractivity contribution in [2.75, 3.05) is 26.8 Å². The zero-order valence-electron chi connectivity index (χ0n) is 11.9. The molecule has 6 nitrogen and oxygen atoms in total. The van der Waals surface area contributed by atoms with E-state index in [1.807, 2.05) is 20.8 Å². The van der Waals surface area contributed by atoms with Crippen LogP contribution in [0.3, 0.4) is 0 Å². The molecule has 0 radical (unpaired) electrons. The summed E-state index contributed by atoms with van der Waals surface area (Å²) in [6, 6.07) is -0.545. The second kappa shape index (κ2) is 8.05. The molecular weight excluding hydrogens is 234 g/mol. The molecule has 2 amide bonds. The van der Waals surface area contributed by atoms with E-state index in [9.17, 15) is 9.59 Å². The minimum atomic E-state index is -0.545. The first-order chi connectivity index (χ1) is 8.26. The molecule has 0 aromatic rings. The highest BCUT2D eigenvalue weighted by Gasteiger charge is 2.16. The van der Waals surface area contributed by atoms with E-state index in [2.05, 4.69) is 16.0 Å². The Bertz CT molecular complexity index is 274. The lowest BCUT2D eigenvalue weighted by Crippen LogP contribution is -2.50. The third kappa shape index (κ3) is 8.95. The number of nitrogens with one attached hydrogen (secondary N) is 3. The van der Waals surface area contributed by atoms with Crippen LogP contribution in [0.2, 0.25) is 0 Å². The summed E-state index contributed by atoms with van der Waals surface area (Å²) >= 11 is 0. The van der Waals surface area contributed by atoms with E-state index in [0.717, 1.165) is 0 Å². The first kappa shape index (κ1) is 16.9. The maximum absolute atomic E-state index is 11.6. The number of carbonyl (C=O) groups is 2. The third-order valence-electron chi connectivity index (χ3n) is 2.16. The summed E-state index contributed by atoms with van der Waals surface area (Å²) in [6.07, 6.45) is 0. The van der Waals surface area contributed by atoms with Gasteiger partial charge >= 0.3 is 0 Å². The normalized spacial score (nSPS) is 12.9. The van der Waals surface area contributed by atoms with Crippen molar-refractivity contribution in [1.82, 2.24) is 16.0 Å². The van der Waals surface area contributed by atoms with Gasteiger partial charge in [0.15, 0.2) is 0 Å². The average Bonchev–Trinajstić information content (AvgIpc) is 2.25. The largest absolute Gasteiger partial charge is 0.383 e. The number of rotatable bonds is 7. The number of methoxy groups -OCH3 is 1. The van der Waals surface area contributed by atoms with Crippen molar-refractivity contribution in [3.8, 4) is 0 Å². The van der Waals surface area contributed by atoms with E-state index in [-0.39, 0.29) is 23.9 Å². The smallest absolute Gasteiger partial charge is 0.242 e. The molecule has 0 rings (SSSR count). The third-order valence-corrected chi connectivity index (χ3v) is 2.16. The van der Waals surface area contributed by atoms with Gasteiger partial charge in [0.25, 0.3) is 0 Å². The van der Waals surface area contributed by atoms with E-state index < -0.39 is 6.04 Å². The van der Waals surface area contributed by atoms with Crippen LogP contribution in [0.5, 0.6) is 0 Å². The minimum absolute atomic E-state index is 0.124. The maximum atomic E-state index is 11.6. The molecule has 0 saturated heterocycles. The number of carbonyl (C=O) groups excluding carboxylic acids is 2. The van der Waals surface area contributed by atoms with Crippen LogP contribution < -0.4 is 16.0 Å². The molecule has 18 heavy (non-hydrogen) atoms. The van der Waals surface area contributed by atoms with Gasteiger partial charge in [-0.2, -0.15) is 0 Å². The molecule has 1 atom stereocenters. The van der Waals surface area contributed by atoms with E-state index in [1.165, 1.54) is 0 Å². The van der Waals surface area contributed by atoms with Crippen LogP contribution in [0.15, 0.2) is 0 Å². The lowest BCUT2D eigenvalue weighted by atomic mass is 10.1. The monoisotopic (exact) mass is 259 g/mol. The van der Waals surface area contributed by atoms with Crippen molar-refractivity contribution in [3.05, 3.63) is 0 Å². The van der Waals surface area contributed by atoms with E-state index in [1.54, 1.807) is 14.0 Å². The molecule has 0 aliphatic heterocycles. The van der Waals surface area contributed by atoms with Crippen molar-refractivity contribution in [2.45, 2.75) is 39.3 Å². The van der Waals surface area contributed by atoms with Crippen LogP contribution in [0, 0.1) is 0 Å². The van der Waals surface area contributed by atoms with Gasteiger partial charge in [0.2, 0.25) is 11.8 Å². The fourth-order valence-electron chi connectivity index (χ4n) is 1.13. The molecule has 3 N–H and O–H groups in total. The maximum Gasteiger partial charge on any atom is 0.242 e. The van der Waals surface area contributed by atoms with E-state index in [0.29, 0.717) is 13.2 Å². The summed E-state index contributed by atoms with van der Waals surface area (Å²) in [5.41, 5.74) is -0.124. The number of hydrogen-bond acceptors (Lipinski definition) is 4. The quantitative estimate of drug-likeness (QED) is 0.546. The highest BCUT2D eigenvalue weighted by Crippen LogP contribution is 1.96. The molecule has 1 unspecified atom stereocenters. The molecule has 0 aromatic heterocycles. The average molecular weight is 259 g/mol. The lowest BCUT2D eigenvalue weighted by molar-refractivity contribution is -0.128. The van der Waals surface area contributed by atoms with Crippen LogP contribution >= 0.6 is 0 Å². The van der Waals surface area contributed by atoms with Gasteiger partial charge in [-0.05, 0) is 27.7 Å². The summed E-state index contributed by atoms with van der Waals surface area (Å²) in [5.74, 6) is -0.407. The summed E-state index contributed by atoms with van der Waals surface area (Å²) < 4.78 is 4.82. The van der Waals surface area contributed by atoms with Gasteiger partial charge in [0, 0.05) is 19.2 Å². The molecule has 0 spiro atoms. The molecule has 0 aliphatic carbocycles. The first-order valence-electron chi connectivity index (χ1n) is 6.07. The molecular formula is C12H25N3O3. The van der Waals surface area contributed by atoms with Crippen LogP contribution in [0.4, 0.5) is 0 Å². The summed E-state index contributed by atoms with van der Waals surface area (Å²) in [6.45, 7) is 8.66. The van der Waals surface area contributed by atoms with Gasteiger partial charge < -0.3 is 20.7 Å². The molecule has 0 aromatic carbocycles. The Labute approximate surface area is 109 Å². The van der Waals surface area contributed by atoms with Gasteiger partial charge in [0.1, 0.15) is 6.04 Å². The Balaban J connectivity index is 3.88. The minimum Gasteiger partial charge on any atom is -0.383 e. The second-order valence-electron chi connectivity index (χ2n) is 5.18. The Kier molecular flexibility index (Phi) is 7.54. The van der Waals surface area contributed by atoms with Crippen molar-refractivity contribution >= 4 is 11.8 Å². The van der Waals surface area contributed by atoms with Crippen LogP contribution in [-0.2, 0) is 14.3 Å². The van der Waals surface area contributed by atoms with Gasteiger partial charge in [-0.25, -0.2) is 0 Å². The standard InChI is InChI=1S/C12H25N3O3/c1-9(11(17)13-6-7-18-5)15-10(16)8-14-12(2,3)4/h9,14H,6-8H2,1-5H3,(H,13,17)(H,15,16). The van der Waals surface area contributed by atoms with Crippen molar-refractivity contribution in [1.29, 1.82) is 0 Å². The second-order valence-corrected chi connectivity index (χ2v) is 5.18. The molecule has 0 bridgehead atoms. The zero-order valence-corrected chi connectivity index (χ0v) is 11.9. The Morgan fingerprint density at radius 3 is 2.39 bits per heavy atom. The number of hydrogen-bond donors (Lipinski definition) is 3. The van der Waals surface area contributed by atoms with Crippen LogP contribution in [0.1, 0.15) is 27.7 Å². The Morgan fingerprint density at radius 2 is 1.89 bits per heavy atom. The van der Waals surface area contributed by atoms with Crippen LogP contribution in [0.25, 0.3) is 0 Å². The van der Waals surface area contributed by atoms with Crippen LogP contribution in [-0.4, -0.2) is 50.2 Å². The molecule has 0 heterocycles. The van der Waals surface area contributed by atoms with Gasteiger partial charge in [-0.15, -0.1) is 0 Å². The van der Waals surface area contributed by atoms with Gasteiger partial charge in [-0.1, -0.05) is 0 Å². The highest BCUT2D eigenvalue weighted by molar-refractivity contribution is 5.87. The molecule has 0 fully saturated rings. The van der Waals surface area contributed by atoms with Gasteiger partial charge in [-0.3, -0.25) is 9.59 Å². The first-order valence-corrected chi connectivity index (χ1v) is 6.07. The van der Waals surface area contributed by atoms with E-state index in [4.69, 9.17) is 4.74 Å². The molecule has 6 heteroatoms. The van der Waals surface area contributed by atoms with Gasteiger partial charge in [0.05, 0.1) is 13.2 Å². The topological polar surface area (TPSA) is 79.5 Å². The SMILES string of the molecule is COCCNC(=O)C(C)NC(=O)CNC(C)(C)C. The predicted octanol–water partition coefficient (Wildman–Crippen LogP) is -0.358. The highest BCUT2D eigenvalue weighted by atomic mass is 16.5. The molecule has 0 saturated carbocycles. The zero-order chi connectivity index (χ0) is 14.2. The summed E-state index contributed by atoms with van der Waals surface area (Å²) in [7, 11) is 1.57. The van der Waals surface area contributed by atoms with Crippen molar-refractivity contribution in [2.24, 2.45) is 0 Å². The fraction of sp³-hybridized carbons (Fsp3) is 0.833. The van der Waals surface area contributed by atoms with E-state index >= 15 is 0 Å². The fourth-order valence-corrected chi connectivity index (χ4v) is 1.13. The van der Waals surface area contributed by atoms with Crippen molar-refractivity contribution in [3.63, 3.8) is 0 Å². The summed E-state index contributed by atoms with van der Waals surface area (Å²) in [5, 5.41) is 8.34. The number of ether oxygens (including phenoxy) is 1.